The number of likely N-dealkylation sites (tertiary alicyclic amines) is 2. The van der Waals surface area contributed by atoms with Gasteiger partial charge in [0.15, 0.2) is 0 Å². The molecular weight excluding hydrogens is 585 g/mol. The van der Waals surface area contributed by atoms with Gasteiger partial charge < -0.3 is 19.4 Å². The molecule has 4 rings (SSSR count). The van der Waals surface area contributed by atoms with Crippen LogP contribution in [0.5, 0.6) is 0 Å². The normalized spacial score (nSPS) is 21.7. The third-order valence-corrected chi connectivity index (χ3v) is 7.70. The number of ether oxygens (including phenoxy) is 1. The van der Waals surface area contributed by atoms with Gasteiger partial charge >= 0.3 is 6.09 Å². The fourth-order valence-electron chi connectivity index (χ4n) is 5.59. The fraction of sp³-hybridized carbons (Fsp3) is 0.767. The van der Waals surface area contributed by atoms with Crippen molar-refractivity contribution in [2.24, 2.45) is 5.92 Å². The SMILES string of the molecule is CC(C)C[C@H]1[C@@H](c2ccccc2)OC(=O)N1CCCN1CCCCC1.CS(=O)(=O)O.Cl.ClCCCN1CCCCC1. The van der Waals surface area contributed by atoms with Crippen molar-refractivity contribution in [2.45, 2.75) is 83.8 Å². The molecule has 3 aliphatic rings. The summed E-state index contributed by atoms with van der Waals surface area (Å²) < 4.78 is 31.7. The van der Waals surface area contributed by atoms with Crippen molar-refractivity contribution in [1.82, 2.24) is 14.7 Å². The van der Waals surface area contributed by atoms with E-state index in [9.17, 15) is 13.2 Å². The molecular formula is C30H53Cl2N3O5S. The Balaban J connectivity index is 0.000000435. The molecule has 0 unspecified atom stereocenters. The number of amides is 1. The van der Waals surface area contributed by atoms with Crippen LogP contribution in [0.15, 0.2) is 30.3 Å². The summed E-state index contributed by atoms with van der Waals surface area (Å²) in [6.45, 7) is 12.6. The number of halogens is 2. The molecule has 1 aromatic rings. The van der Waals surface area contributed by atoms with Crippen LogP contribution in [0.1, 0.15) is 83.3 Å². The molecule has 0 spiro atoms. The molecule has 0 aromatic heterocycles. The van der Waals surface area contributed by atoms with Crippen molar-refractivity contribution in [3.63, 3.8) is 0 Å². The summed E-state index contributed by atoms with van der Waals surface area (Å²) in [5.74, 6) is 1.35. The first-order valence-corrected chi connectivity index (χ1v) is 17.4. The van der Waals surface area contributed by atoms with E-state index in [2.05, 4.69) is 35.8 Å². The lowest BCUT2D eigenvalue weighted by molar-refractivity contribution is 0.128. The van der Waals surface area contributed by atoms with Gasteiger partial charge in [0.2, 0.25) is 0 Å². The first kappa shape index (κ1) is 37.9. The van der Waals surface area contributed by atoms with Gasteiger partial charge in [0.1, 0.15) is 6.10 Å². The van der Waals surface area contributed by atoms with E-state index in [0.717, 1.165) is 43.8 Å². The lowest BCUT2D eigenvalue weighted by atomic mass is 9.94. The zero-order valence-corrected chi connectivity index (χ0v) is 27.6. The number of hydrogen-bond acceptors (Lipinski definition) is 6. The van der Waals surface area contributed by atoms with Crippen LogP contribution in [-0.2, 0) is 14.9 Å². The summed E-state index contributed by atoms with van der Waals surface area (Å²) in [6, 6.07) is 10.3. The smallest absolute Gasteiger partial charge is 0.410 e. The topological polar surface area (TPSA) is 90.4 Å². The largest absolute Gasteiger partial charge is 0.439 e. The zero-order valence-electron chi connectivity index (χ0n) is 25.3. The Morgan fingerprint density at radius 2 is 1.39 bits per heavy atom. The van der Waals surface area contributed by atoms with Crippen LogP contribution in [0.4, 0.5) is 4.79 Å². The average molecular weight is 639 g/mol. The van der Waals surface area contributed by atoms with Gasteiger partial charge in [-0.3, -0.25) is 4.55 Å². The Hall–Kier alpha value is -1.10. The highest BCUT2D eigenvalue weighted by molar-refractivity contribution is 7.85. The Morgan fingerprint density at radius 3 is 1.85 bits per heavy atom. The standard InChI is InChI=1S/C21H32N2O2.C8H16ClN.CH4O3S.ClH/c1-17(2)16-19-20(18-10-5-3-6-11-18)25-21(24)23(19)15-9-14-22-12-7-4-8-13-22;9-5-4-8-10-6-2-1-3-7-10;1-5(2,3)4;/h3,5-6,10-11,17,19-20H,4,7-9,12-16H2,1-2H3;1-8H2;1H3,(H,2,3,4);1H/t19-,20+;;;/m0.../s1. The molecule has 3 saturated heterocycles. The number of rotatable bonds is 10. The Labute approximate surface area is 260 Å². The number of hydrogen-bond donors (Lipinski definition) is 1. The van der Waals surface area contributed by atoms with Crippen LogP contribution in [0, 0.1) is 5.92 Å². The van der Waals surface area contributed by atoms with Gasteiger partial charge in [0, 0.05) is 12.4 Å². The monoisotopic (exact) mass is 637 g/mol. The van der Waals surface area contributed by atoms with Crippen LogP contribution in [-0.4, -0.2) is 97.8 Å². The Bertz CT molecular complexity index is 919. The average Bonchev–Trinajstić information content (AvgIpc) is 3.23. The van der Waals surface area contributed by atoms with E-state index in [-0.39, 0.29) is 30.6 Å². The van der Waals surface area contributed by atoms with Gasteiger partial charge in [-0.05, 0) is 95.7 Å². The highest BCUT2D eigenvalue weighted by atomic mass is 35.5. The van der Waals surface area contributed by atoms with Crippen molar-refractivity contribution in [3.05, 3.63) is 35.9 Å². The van der Waals surface area contributed by atoms with E-state index in [1.54, 1.807) is 0 Å². The molecule has 1 N–H and O–H groups in total. The van der Waals surface area contributed by atoms with E-state index in [0.29, 0.717) is 12.2 Å². The van der Waals surface area contributed by atoms with Gasteiger partial charge in [-0.2, -0.15) is 8.42 Å². The molecule has 3 fully saturated rings. The molecule has 3 heterocycles. The predicted molar refractivity (Wildman–Crippen MR) is 171 cm³/mol. The zero-order chi connectivity index (χ0) is 29.4. The quantitative estimate of drug-likeness (QED) is 0.231. The molecule has 0 saturated carbocycles. The Kier molecular flexibility index (Phi) is 19.2. The van der Waals surface area contributed by atoms with Crippen LogP contribution in [0.3, 0.4) is 0 Å². The number of alkyl halides is 1. The number of piperidine rings is 2. The van der Waals surface area contributed by atoms with Crippen LogP contribution in [0.25, 0.3) is 0 Å². The van der Waals surface area contributed by atoms with Gasteiger partial charge in [0.25, 0.3) is 10.1 Å². The number of carbonyl (C=O) groups is 1. The summed E-state index contributed by atoms with van der Waals surface area (Å²) in [5.41, 5.74) is 1.11. The van der Waals surface area contributed by atoms with Crippen molar-refractivity contribution in [3.8, 4) is 0 Å². The second-order valence-corrected chi connectivity index (χ2v) is 13.4. The van der Waals surface area contributed by atoms with Crippen molar-refractivity contribution >= 4 is 40.2 Å². The van der Waals surface area contributed by atoms with Gasteiger partial charge in [0.05, 0.1) is 12.3 Å². The maximum absolute atomic E-state index is 12.5. The second-order valence-electron chi connectivity index (χ2n) is 11.5. The van der Waals surface area contributed by atoms with Gasteiger partial charge in [-0.25, -0.2) is 4.79 Å². The van der Waals surface area contributed by atoms with Gasteiger partial charge in [-0.15, -0.1) is 24.0 Å². The number of benzene rings is 1. The lowest BCUT2D eigenvalue weighted by Crippen LogP contribution is -2.38. The molecule has 8 nitrogen and oxygen atoms in total. The van der Waals surface area contributed by atoms with Gasteiger partial charge in [-0.1, -0.05) is 57.0 Å². The minimum atomic E-state index is -3.67. The van der Waals surface area contributed by atoms with E-state index < -0.39 is 10.1 Å². The Morgan fingerprint density at radius 1 is 0.902 bits per heavy atom. The molecule has 0 aliphatic carbocycles. The summed E-state index contributed by atoms with van der Waals surface area (Å²) in [7, 11) is -3.67. The summed E-state index contributed by atoms with van der Waals surface area (Å²) in [4.78, 5) is 19.6. The molecule has 0 bridgehead atoms. The molecule has 2 atom stereocenters. The maximum atomic E-state index is 12.5. The first-order valence-electron chi connectivity index (χ1n) is 15.0. The van der Waals surface area contributed by atoms with Crippen molar-refractivity contribution < 1.29 is 22.5 Å². The second kappa shape index (κ2) is 20.7. The highest BCUT2D eigenvalue weighted by Crippen LogP contribution is 2.36. The minimum Gasteiger partial charge on any atom is -0.439 e. The molecule has 1 amide bonds. The summed E-state index contributed by atoms with van der Waals surface area (Å²) in [6.07, 6.45) is 11.8. The highest BCUT2D eigenvalue weighted by Gasteiger charge is 2.42. The van der Waals surface area contributed by atoms with E-state index in [1.807, 2.05) is 23.1 Å². The predicted octanol–water partition coefficient (Wildman–Crippen LogP) is 6.50. The number of carbonyl (C=O) groups excluding carboxylic acids is 1. The van der Waals surface area contributed by atoms with E-state index in [4.69, 9.17) is 20.9 Å². The molecule has 0 radical (unpaired) electrons. The summed E-state index contributed by atoms with van der Waals surface area (Å²) >= 11 is 5.59. The molecule has 3 aliphatic heterocycles. The third-order valence-electron chi connectivity index (χ3n) is 7.43. The molecule has 1 aromatic carbocycles. The number of nitrogens with zero attached hydrogens (tertiary/aromatic N) is 3. The van der Waals surface area contributed by atoms with Crippen molar-refractivity contribution in [1.29, 1.82) is 0 Å². The molecule has 238 valence electrons. The van der Waals surface area contributed by atoms with Crippen molar-refractivity contribution in [2.75, 3.05) is 57.9 Å². The maximum Gasteiger partial charge on any atom is 0.410 e. The van der Waals surface area contributed by atoms with E-state index in [1.165, 1.54) is 71.2 Å². The molecule has 41 heavy (non-hydrogen) atoms. The molecule has 11 heteroatoms. The fourth-order valence-corrected chi connectivity index (χ4v) is 5.71. The van der Waals surface area contributed by atoms with E-state index >= 15 is 0 Å². The minimum absolute atomic E-state index is 0. The van der Waals surface area contributed by atoms with Crippen LogP contribution in [0.2, 0.25) is 0 Å². The first-order chi connectivity index (χ1) is 19.1. The number of cyclic esters (lactones) is 1. The third kappa shape index (κ3) is 16.4. The van der Waals surface area contributed by atoms with Crippen LogP contribution < -0.4 is 0 Å². The van der Waals surface area contributed by atoms with Crippen LogP contribution >= 0.6 is 24.0 Å². The summed E-state index contributed by atoms with van der Waals surface area (Å²) in [5, 5.41) is 0. The lowest BCUT2D eigenvalue weighted by Gasteiger charge is -2.29.